The lowest BCUT2D eigenvalue weighted by molar-refractivity contribution is -0.153. The third-order valence-electron chi connectivity index (χ3n) is 6.64. The number of halogens is 3. The van der Waals surface area contributed by atoms with Crippen LogP contribution in [0.1, 0.15) is 19.3 Å². The molecule has 1 unspecified atom stereocenters. The van der Waals surface area contributed by atoms with Gasteiger partial charge in [0.2, 0.25) is 0 Å². The molecule has 36 heavy (non-hydrogen) atoms. The molecule has 190 valence electrons. The molecule has 3 N–H and O–H groups in total. The van der Waals surface area contributed by atoms with Crippen LogP contribution in [0, 0.1) is 5.82 Å². The molecular weight excluding hydrogens is 516 g/mol. The third-order valence-corrected chi connectivity index (χ3v) is 7.18. The molecule has 6 rings (SSSR count). The van der Waals surface area contributed by atoms with E-state index >= 15 is 0 Å². The fourth-order valence-electron chi connectivity index (χ4n) is 5.16. The summed E-state index contributed by atoms with van der Waals surface area (Å²) in [6, 6.07) is 8.63. The predicted octanol–water partition coefficient (Wildman–Crippen LogP) is 2.21. The largest absolute Gasteiger partial charge is 0.484 e. The number of nitrogens with zero attached hydrogens (tertiary/aromatic N) is 1. The van der Waals surface area contributed by atoms with Gasteiger partial charge >= 0.3 is 0 Å². The molecule has 9 nitrogen and oxygen atoms in total. The standard InChI is InChI=1S/C24H22Cl2FN3O6/c25-13-1-4-18-17(5-13)30(21(33)8-31)7-19(36-18)22(34)29-24-10-23(11-24,12-24)28-20(32)9-35-14-2-3-15(26)16(27)6-14/h1-6,19,31H,7-12H2,(H,28,32)(H,29,34). The van der Waals surface area contributed by atoms with Gasteiger partial charge in [-0.3, -0.25) is 14.4 Å². The zero-order chi connectivity index (χ0) is 25.7. The van der Waals surface area contributed by atoms with Crippen molar-refractivity contribution in [3.05, 3.63) is 52.3 Å². The summed E-state index contributed by atoms with van der Waals surface area (Å²) >= 11 is 11.7. The van der Waals surface area contributed by atoms with Crippen molar-refractivity contribution in [2.45, 2.75) is 36.4 Å². The third kappa shape index (κ3) is 4.56. The fraction of sp³-hybridized carbons (Fsp3) is 0.375. The zero-order valence-electron chi connectivity index (χ0n) is 18.9. The van der Waals surface area contributed by atoms with E-state index in [1.807, 2.05) is 0 Å². The first kappa shape index (κ1) is 24.6. The Morgan fingerprint density at radius 2 is 1.83 bits per heavy atom. The Bertz CT molecular complexity index is 1240. The Morgan fingerprint density at radius 1 is 1.11 bits per heavy atom. The van der Waals surface area contributed by atoms with Crippen molar-refractivity contribution in [1.82, 2.24) is 10.6 Å². The van der Waals surface area contributed by atoms with Crippen LogP contribution in [0.4, 0.5) is 10.1 Å². The number of fused-ring (bicyclic) bond motifs is 1. The number of aliphatic hydroxyl groups is 1. The van der Waals surface area contributed by atoms with Gasteiger partial charge in [-0.05, 0) is 49.6 Å². The smallest absolute Gasteiger partial charge is 0.263 e. The first-order chi connectivity index (χ1) is 17.1. The van der Waals surface area contributed by atoms with Crippen molar-refractivity contribution < 1.29 is 33.4 Å². The highest BCUT2D eigenvalue weighted by Crippen LogP contribution is 2.60. The Hall–Kier alpha value is -3.08. The van der Waals surface area contributed by atoms with Gasteiger partial charge in [0.15, 0.2) is 12.7 Å². The van der Waals surface area contributed by atoms with Gasteiger partial charge in [-0.2, -0.15) is 0 Å². The molecule has 0 radical (unpaired) electrons. The molecular formula is C24H22Cl2FN3O6. The van der Waals surface area contributed by atoms with Crippen LogP contribution in [0.5, 0.6) is 11.5 Å². The molecule has 1 atom stereocenters. The van der Waals surface area contributed by atoms with Crippen molar-refractivity contribution >= 4 is 46.6 Å². The van der Waals surface area contributed by atoms with Crippen LogP contribution in [-0.2, 0) is 14.4 Å². The van der Waals surface area contributed by atoms with E-state index in [0.717, 1.165) is 6.07 Å². The SMILES string of the molecule is O=C(COc1ccc(Cl)c(F)c1)NC12CC(NC(=O)C3CN(C(=O)CO)c4cc(Cl)ccc4O3)(C1)C2. The molecule has 4 aliphatic rings. The Morgan fingerprint density at radius 3 is 2.53 bits per heavy atom. The van der Waals surface area contributed by atoms with Gasteiger partial charge in [-0.1, -0.05) is 23.2 Å². The quantitative estimate of drug-likeness (QED) is 0.498. The molecule has 2 aromatic carbocycles. The van der Waals surface area contributed by atoms with E-state index in [1.165, 1.54) is 17.0 Å². The van der Waals surface area contributed by atoms with Gasteiger partial charge in [-0.15, -0.1) is 0 Å². The fourth-order valence-corrected chi connectivity index (χ4v) is 5.44. The average Bonchev–Trinajstić information content (AvgIpc) is 2.81. The topological polar surface area (TPSA) is 117 Å². The molecule has 1 aliphatic heterocycles. The van der Waals surface area contributed by atoms with E-state index in [9.17, 15) is 23.9 Å². The van der Waals surface area contributed by atoms with Gasteiger partial charge in [0.05, 0.1) is 17.3 Å². The molecule has 3 aliphatic carbocycles. The molecule has 2 aromatic rings. The average molecular weight is 538 g/mol. The molecule has 0 saturated heterocycles. The molecule has 3 saturated carbocycles. The Balaban J connectivity index is 1.13. The number of carbonyl (C=O) groups is 3. The second kappa shape index (κ2) is 9.10. The van der Waals surface area contributed by atoms with E-state index in [2.05, 4.69) is 10.6 Å². The second-order valence-corrected chi connectivity index (χ2v) is 10.2. The molecule has 3 fully saturated rings. The zero-order valence-corrected chi connectivity index (χ0v) is 20.4. The summed E-state index contributed by atoms with van der Waals surface area (Å²) in [7, 11) is 0. The van der Waals surface area contributed by atoms with Gasteiger partial charge in [0.1, 0.15) is 23.9 Å². The Labute approximate surface area is 215 Å². The van der Waals surface area contributed by atoms with E-state index in [-0.39, 0.29) is 35.7 Å². The maximum atomic E-state index is 13.5. The summed E-state index contributed by atoms with van der Waals surface area (Å²) in [4.78, 5) is 38.8. The molecule has 12 heteroatoms. The summed E-state index contributed by atoms with van der Waals surface area (Å²) in [5.74, 6) is -1.44. The number of rotatable bonds is 7. The summed E-state index contributed by atoms with van der Waals surface area (Å²) < 4.78 is 24.6. The van der Waals surface area contributed by atoms with Crippen molar-refractivity contribution in [2.75, 3.05) is 24.7 Å². The van der Waals surface area contributed by atoms with Gasteiger partial charge in [-0.25, -0.2) is 4.39 Å². The molecule has 1 heterocycles. The normalized spacial score (nSPS) is 25.4. The number of benzene rings is 2. The Kier molecular flexibility index (Phi) is 6.22. The summed E-state index contributed by atoms with van der Waals surface area (Å²) in [5.41, 5.74) is -0.490. The number of hydrogen-bond donors (Lipinski definition) is 3. The van der Waals surface area contributed by atoms with Crippen LogP contribution in [-0.4, -0.2) is 59.8 Å². The minimum atomic E-state index is -0.970. The monoisotopic (exact) mass is 537 g/mol. The first-order valence-corrected chi connectivity index (χ1v) is 11.9. The van der Waals surface area contributed by atoms with Crippen LogP contribution >= 0.6 is 23.2 Å². The number of carbonyl (C=O) groups excluding carboxylic acids is 3. The summed E-state index contributed by atoms with van der Waals surface area (Å²) in [5, 5.41) is 15.6. The molecule has 0 aromatic heterocycles. The first-order valence-electron chi connectivity index (χ1n) is 11.2. The highest BCUT2D eigenvalue weighted by atomic mass is 35.5. The number of hydrogen-bond acceptors (Lipinski definition) is 6. The maximum absolute atomic E-state index is 13.5. The minimum absolute atomic E-state index is 0.0343. The summed E-state index contributed by atoms with van der Waals surface area (Å²) in [6.07, 6.45) is 0.670. The lowest BCUT2D eigenvalue weighted by atomic mass is 9.44. The van der Waals surface area contributed by atoms with E-state index < -0.39 is 35.5 Å². The van der Waals surface area contributed by atoms with Crippen molar-refractivity contribution in [2.24, 2.45) is 0 Å². The lowest BCUT2D eigenvalue weighted by Crippen LogP contribution is -2.84. The van der Waals surface area contributed by atoms with E-state index in [1.54, 1.807) is 18.2 Å². The predicted molar refractivity (Wildman–Crippen MR) is 128 cm³/mol. The highest BCUT2D eigenvalue weighted by Gasteiger charge is 2.69. The van der Waals surface area contributed by atoms with Crippen LogP contribution in [0.25, 0.3) is 0 Å². The van der Waals surface area contributed by atoms with Crippen LogP contribution in [0.3, 0.4) is 0 Å². The van der Waals surface area contributed by atoms with E-state index in [4.69, 9.17) is 32.7 Å². The number of ether oxygens (including phenoxy) is 2. The second-order valence-electron chi connectivity index (χ2n) is 9.37. The number of anilines is 1. The molecule has 0 spiro atoms. The van der Waals surface area contributed by atoms with Gasteiger partial charge in [0, 0.05) is 22.2 Å². The van der Waals surface area contributed by atoms with Crippen molar-refractivity contribution in [3.63, 3.8) is 0 Å². The van der Waals surface area contributed by atoms with Gasteiger partial charge < -0.3 is 30.1 Å². The number of aliphatic hydroxyl groups excluding tert-OH is 1. The maximum Gasteiger partial charge on any atom is 0.263 e. The van der Waals surface area contributed by atoms with Gasteiger partial charge in [0.25, 0.3) is 17.7 Å². The lowest BCUT2D eigenvalue weighted by Gasteiger charge is -2.70. The van der Waals surface area contributed by atoms with Crippen molar-refractivity contribution in [1.29, 1.82) is 0 Å². The van der Waals surface area contributed by atoms with Crippen LogP contribution in [0.15, 0.2) is 36.4 Å². The minimum Gasteiger partial charge on any atom is -0.484 e. The van der Waals surface area contributed by atoms with Crippen LogP contribution < -0.4 is 25.0 Å². The summed E-state index contributed by atoms with van der Waals surface area (Å²) in [6.45, 7) is -1.07. The highest BCUT2D eigenvalue weighted by molar-refractivity contribution is 6.31. The van der Waals surface area contributed by atoms with E-state index in [0.29, 0.717) is 35.7 Å². The number of nitrogens with one attached hydrogen (secondary N) is 2. The molecule has 2 bridgehead atoms. The van der Waals surface area contributed by atoms with Crippen molar-refractivity contribution in [3.8, 4) is 11.5 Å². The number of amides is 3. The molecule has 3 amide bonds. The van der Waals surface area contributed by atoms with Crippen LogP contribution in [0.2, 0.25) is 10.0 Å².